The molecule has 0 heterocycles. The maximum Gasteiger partial charge on any atom is 0.341 e. The summed E-state index contributed by atoms with van der Waals surface area (Å²) in [4.78, 5) is 20.8. The van der Waals surface area contributed by atoms with E-state index in [1.807, 2.05) is 0 Å². The summed E-state index contributed by atoms with van der Waals surface area (Å²) in [5, 5.41) is 19.1. The van der Waals surface area contributed by atoms with Crippen molar-refractivity contribution in [1.82, 2.24) is 4.72 Å². The number of hydrogen-bond acceptors (Lipinski definition) is 7. The lowest BCUT2D eigenvalue weighted by atomic mass is 10.3. The van der Waals surface area contributed by atoms with E-state index in [-0.39, 0.29) is 22.9 Å². The normalized spacial score (nSPS) is 11.2. The second-order valence-electron chi connectivity index (χ2n) is 5.27. The summed E-state index contributed by atoms with van der Waals surface area (Å²) >= 11 is 1.18. The highest BCUT2D eigenvalue weighted by Crippen LogP contribution is 2.25. The van der Waals surface area contributed by atoms with Crippen LogP contribution < -0.4 is 9.46 Å². The molecule has 0 fully saturated rings. The number of nitro groups is 1. The highest BCUT2D eigenvalue weighted by atomic mass is 32.2. The highest BCUT2D eigenvalue weighted by molar-refractivity contribution is 7.99. The number of carboxylic acid groups (broad SMARTS) is 1. The number of sulfonamides is 1. The van der Waals surface area contributed by atoms with Gasteiger partial charge in [0.2, 0.25) is 10.0 Å². The second kappa shape index (κ2) is 9.48. The van der Waals surface area contributed by atoms with Crippen molar-refractivity contribution in [3.05, 3.63) is 58.4 Å². The molecule has 12 heteroatoms. The van der Waals surface area contributed by atoms with Crippen LogP contribution in [-0.2, 0) is 14.8 Å². The van der Waals surface area contributed by atoms with Gasteiger partial charge in [0, 0.05) is 29.3 Å². The zero-order valence-electron chi connectivity index (χ0n) is 14.2. The van der Waals surface area contributed by atoms with Crippen molar-refractivity contribution in [2.75, 3.05) is 18.9 Å². The van der Waals surface area contributed by atoms with Gasteiger partial charge in [-0.25, -0.2) is 22.3 Å². The highest BCUT2D eigenvalue weighted by Gasteiger charge is 2.15. The summed E-state index contributed by atoms with van der Waals surface area (Å²) in [7, 11) is -3.82. The Labute approximate surface area is 163 Å². The maximum atomic E-state index is 13.8. The number of nitrogens with zero attached hydrogens (tertiary/aromatic N) is 1. The molecule has 0 spiro atoms. The van der Waals surface area contributed by atoms with Crippen LogP contribution in [0.5, 0.6) is 5.75 Å². The van der Waals surface area contributed by atoms with Crippen LogP contribution in [0.3, 0.4) is 0 Å². The zero-order chi connectivity index (χ0) is 20.7. The molecule has 2 aromatic carbocycles. The number of carbonyl (C=O) groups is 1. The minimum atomic E-state index is -3.82. The Morgan fingerprint density at radius 1 is 1.25 bits per heavy atom. The van der Waals surface area contributed by atoms with Gasteiger partial charge in [0.05, 0.1) is 9.82 Å². The van der Waals surface area contributed by atoms with Crippen molar-refractivity contribution >= 4 is 33.4 Å². The predicted molar refractivity (Wildman–Crippen MR) is 98.5 cm³/mol. The third kappa shape index (κ3) is 6.18. The topological polar surface area (TPSA) is 136 Å². The van der Waals surface area contributed by atoms with Crippen LogP contribution >= 0.6 is 11.8 Å². The van der Waals surface area contributed by atoms with Gasteiger partial charge >= 0.3 is 5.97 Å². The molecule has 2 aromatic rings. The summed E-state index contributed by atoms with van der Waals surface area (Å²) in [6, 6.07) is 8.45. The van der Waals surface area contributed by atoms with Crippen molar-refractivity contribution in [3.8, 4) is 5.75 Å². The number of carboxylic acids is 1. The number of aliphatic carboxylic acids is 1. The van der Waals surface area contributed by atoms with E-state index in [2.05, 4.69) is 4.72 Å². The van der Waals surface area contributed by atoms with Gasteiger partial charge in [-0.15, -0.1) is 11.8 Å². The van der Waals surface area contributed by atoms with Crippen LogP contribution in [0, 0.1) is 15.9 Å². The van der Waals surface area contributed by atoms with E-state index in [9.17, 15) is 27.7 Å². The van der Waals surface area contributed by atoms with E-state index in [0.29, 0.717) is 10.6 Å². The van der Waals surface area contributed by atoms with Gasteiger partial charge in [0.1, 0.15) is 0 Å². The molecular formula is C16H15FN2O7S2. The van der Waals surface area contributed by atoms with E-state index >= 15 is 0 Å². The third-order valence-corrected chi connectivity index (χ3v) is 5.75. The van der Waals surface area contributed by atoms with Crippen molar-refractivity contribution in [2.45, 2.75) is 9.79 Å². The van der Waals surface area contributed by atoms with Crippen LogP contribution in [0.25, 0.3) is 0 Å². The summed E-state index contributed by atoms with van der Waals surface area (Å²) in [6.07, 6.45) is 0. The molecule has 0 aromatic heterocycles. The second-order valence-corrected chi connectivity index (χ2v) is 8.21. The lowest BCUT2D eigenvalue weighted by molar-refractivity contribution is -0.384. The Morgan fingerprint density at radius 2 is 1.93 bits per heavy atom. The van der Waals surface area contributed by atoms with Gasteiger partial charge in [-0.05, 0) is 30.3 Å². The Morgan fingerprint density at radius 3 is 2.50 bits per heavy atom. The largest absolute Gasteiger partial charge is 0.479 e. The maximum absolute atomic E-state index is 13.8. The van der Waals surface area contributed by atoms with E-state index in [1.54, 1.807) is 0 Å². The number of nitrogens with one attached hydrogen (secondary N) is 1. The minimum Gasteiger partial charge on any atom is -0.479 e. The quantitative estimate of drug-likeness (QED) is 0.254. The molecule has 2 N–H and O–H groups in total. The van der Waals surface area contributed by atoms with Gasteiger partial charge in [-0.3, -0.25) is 10.1 Å². The van der Waals surface area contributed by atoms with Crippen molar-refractivity contribution < 1.29 is 32.4 Å². The van der Waals surface area contributed by atoms with Crippen LogP contribution in [-0.4, -0.2) is 43.3 Å². The molecule has 0 unspecified atom stereocenters. The zero-order valence-corrected chi connectivity index (χ0v) is 15.8. The molecule has 28 heavy (non-hydrogen) atoms. The number of rotatable bonds is 10. The van der Waals surface area contributed by atoms with Gasteiger partial charge < -0.3 is 9.84 Å². The summed E-state index contributed by atoms with van der Waals surface area (Å²) in [5.41, 5.74) is -0.215. The molecule has 0 amide bonds. The van der Waals surface area contributed by atoms with E-state index in [1.165, 1.54) is 23.9 Å². The molecule has 0 aliphatic heterocycles. The third-order valence-electron chi connectivity index (χ3n) is 3.28. The molecular weight excluding hydrogens is 415 g/mol. The van der Waals surface area contributed by atoms with Gasteiger partial charge in [0.15, 0.2) is 18.2 Å². The Balaban J connectivity index is 1.86. The predicted octanol–water partition coefficient (Wildman–Crippen LogP) is 2.27. The van der Waals surface area contributed by atoms with E-state index < -0.39 is 33.3 Å². The lowest BCUT2D eigenvalue weighted by Crippen LogP contribution is -2.26. The first kappa shape index (κ1) is 21.6. The van der Waals surface area contributed by atoms with Crippen molar-refractivity contribution in [1.29, 1.82) is 0 Å². The number of benzene rings is 2. The first-order valence-electron chi connectivity index (χ1n) is 7.70. The molecule has 150 valence electrons. The fourth-order valence-corrected chi connectivity index (χ4v) is 3.96. The number of nitro benzene ring substituents is 1. The monoisotopic (exact) mass is 430 g/mol. The Bertz CT molecular complexity index is 965. The molecule has 0 atom stereocenters. The fraction of sp³-hybridized carbons (Fsp3) is 0.188. The minimum absolute atomic E-state index is 0.0445. The average molecular weight is 430 g/mol. The molecule has 2 rings (SSSR count). The lowest BCUT2D eigenvalue weighted by Gasteiger charge is -2.08. The van der Waals surface area contributed by atoms with Crippen LogP contribution in [0.2, 0.25) is 0 Å². The Hall–Kier alpha value is -2.70. The van der Waals surface area contributed by atoms with Crippen LogP contribution in [0.4, 0.5) is 10.1 Å². The van der Waals surface area contributed by atoms with Crippen LogP contribution in [0.15, 0.2) is 52.3 Å². The first-order valence-corrected chi connectivity index (χ1v) is 10.2. The van der Waals surface area contributed by atoms with Crippen molar-refractivity contribution in [2.24, 2.45) is 0 Å². The van der Waals surface area contributed by atoms with Gasteiger partial charge in [0.25, 0.3) is 5.69 Å². The number of halogens is 1. The standard InChI is InChI=1S/C16H15FN2O7S2/c17-14-9-12(3-6-15(14)26-10-16(20)21)27-8-7-18-28(24,25)13-4-1-11(2-5-13)19(22)23/h1-6,9,18H,7-8,10H2,(H,20,21). The van der Waals surface area contributed by atoms with Crippen LogP contribution in [0.1, 0.15) is 0 Å². The summed E-state index contributed by atoms with van der Waals surface area (Å²) < 4.78 is 45.2. The SMILES string of the molecule is O=C(O)COc1ccc(SCCNS(=O)(=O)c2ccc([N+](=O)[O-])cc2)cc1F. The molecule has 9 nitrogen and oxygen atoms in total. The van der Waals surface area contributed by atoms with Gasteiger partial charge in [-0.2, -0.15) is 0 Å². The summed E-state index contributed by atoms with van der Waals surface area (Å²) in [5.74, 6) is -1.84. The number of ether oxygens (including phenoxy) is 1. The van der Waals surface area contributed by atoms with Gasteiger partial charge in [-0.1, -0.05) is 0 Å². The molecule has 0 saturated carbocycles. The van der Waals surface area contributed by atoms with Crippen molar-refractivity contribution in [3.63, 3.8) is 0 Å². The summed E-state index contributed by atoms with van der Waals surface area (Å²) in [6.45, 7) is -0.614. The molecule has 0 aliphatic carbocycles. The van der Waals surface area contributed by atoms with E-state index in [0.717, 1.165) is 30.3 Å². The molecule has 0 radical (unpaired) electrons. The molecule has 0 saturated heterocycles. The molecule has 0 bridgehead atoms. The van der Waals surface area contributed by atoms with E-state index in [4.69, 9.17) is 9.84 Å². The molecule has 0 aliphatic rings. The Kier molecular flexibility index (Phi) is 7.31. The smallest absolute Gasteiger partial charge is 0.341 e. The number of non-ortho nitro benzene ring substituents is 1. The first-order chi connectivity index (χ1) is 13.2. The fourth-order valence-electron chi connectivity index (χ4n) is 2.00. The number of hydrogen-bond donors (Lipinski definition) is 2. The number of thioether (sulfide) groups is 1. The average Bonchev–Trinajstić information content (AvgIpc) is 2.64.